The van der Waals surface area contributed by atoms with Crippen molar-refractivity contribution in [1.82, 2.24) is 19.8 Å². The monoisotopic (exact) mass is 531 g/mol. The summed E-state index contributed by atoms with van der Waals surface area (Å²) in [5.74, 6) is -0.700. The number of anilines is 1. The number of likely N-dealkylation sites (tertiary alicyclic amines) is 2. The highest BCUT2D eigenvalue weighted by molar-refractivity contribution is 6.36. The Labute approximate surface area is 226 Å². The Kier molecular flexibility index (Phi) is 7.89. The maximum absolute atomic E-state index is 13.6. The third-order valence-corrected chi connectivity index (χ3v) is 7.46. The third kappa shape index (κ3) is 5.50. The van der Waals surface area contributed by atoms with Crippen LogP contribution in [0.3, 0.4) is 0 Å². The molecule has 196 valence electrons. The summed E-state index contributed by atoms with van der Waals surface area (Å²) in [4.78, 5) is 42.4. The highest BCUT2D eigenvalue weighted by Crippen LogP contribution is 2.30. The summed E-state index contributed by atoms with van der Waals surface area (Å²) in [7, 11) is 0. The Morgan fingerprint density at radius 2 is 2.00 bits per heavy atom. The van der Waals surface area contributed by atoms with E-state index in [-0.39, 0.29) is 18.4 Å². The number of rotatable bonds is 6. The van der Waals surface area contributed by atoms with E-state index in [0.717, 1.165) is 49.7 Å². The van der Waals surface area contributed by atoms with Crippen LogP contribution in [0.1, 0.15) is 43.7 Å². The molecular formula is C28H30ClN7O2. The zero-order valence-corrected chi connectivity index (χ0v) is 21.8. The number of benzene rings is 1. The molecule has 10 heteroatoms. The Morgan fingerprint density at radius 3 is 2.76 bits per heavy atom. The lowest BCUT2D eigenvalue weighted by Crippen LogP contribution is -2.45. The molecule has 0 saturated carbocycles. The van der Waals surface area contributed by atoms with Gasteiger partial charge in [0.15, 0.2) is 0 Å². The van der Waals surface area contributed by atoms with E-state index in [2.05, 4.69) is 21.4 Å². The van der Waals surface area contributed by atoms with Crippen molar-refractivity contribution in [2.75, 3.05) is 31.5 Å². The van der Waals surface area contributed by atoms with Crippen LogP contribution in [0.25, 0.3) is 10.9 Å². The van der Waals surface area contributed by atoms with Gasteiger partial charge in [-0.3, -0.25) is 19.6 Å². The van der Waals surface area contributed by atoms with Gasteiger partial charge >= 0.3 is 0 Å². The minimum Gasteiger partial charge on any atom is -0.358 e. The van der Waals surface area contributed by atoms with Crippen LogP contribution in [0.5, 0.6) is 0 Å². The number of pyridine rings is 1. The van der Waals surface area contributed by atoms with Crippen molar-refractivity contribution in [2.45, 2.75) is 44.1 Å². The first-order chi connectivity index (χ1) is 18.5. The quantitative estimate of drug-likeness (QED) is 0.362. The second-order valence-electron chi connectivity index (χ2n) is 9.68. The van der Waals surface area contributed by atoms with Gasteiger partial charge in [-0.2, -0.15) is 5.26 Å². The topological polar surface area (TPSA) is 117 Å². The number of fused-ring (bicyclic) bond motifs is 1. The summed E-state index contributed by atoms with van der Waals surface area (Å²) >= 11 is 6.33. The number of H-pyrrole nitrogens is 1. The number of nitrogens with one attached hydrogen (secondary N) is 2. The number of aliphatic imine (C=N–C) groups is 1. The molecule has 2 saturated heterocycles. The molecular weight excluding hydrogens is 502 g/mol. The van der Waals surface area contributed by atoms with Crippen LogP contribution >= 0.6 is 11.6 Å². The number of carbonyl (C=O) groups excluding carboxylic acids is 2. The highest BCUT2D eigenvalue weighted by atomic mass is 35.5. The number of carbonyl (C=O) groups is 2. The first-order valence-corrected chi connectivity index (χ1v) is 13.4. The van der Waals surface area contributed by atoms with Crippen molar-refractivity contribution in [3.05, 3.63) is 59.5 Å². The van der Waals surface area contributed by atoms with E-state index in [4.69, 9.17) is 16.6 Å². The lowest BCUT2D eigenvalue weighted by molar-refractivity contribution is -0.140. The number of halogens is 1. The summed E-state index contributed by atoms with van der Waals surface area (Å²) in [6, 6.07) is 12.6. The molecule has 0 aliphatic carbocycles. The van der Waals surface area contributed by atoms with E-state index in [1.54, 1.807) is 29.4 Å². The number of aromatic nitrogens is 2. The summed E-state index contributed by atoms with van der Waals surface area (Å²) < 4.78 is 0. The van der Waals surface area contributed by atoms with Gasteiger partial charge in [-0.1, -0.05) is 29.8 Å². The lowest BCUT2D eigenvalue weighted by atomic mass is 10.0. The summed E-state index contributed by atoms with van der Waals surface area (Å²) in [6.45, 7) is 2.09. The molecule has 2 fully saturated rings. The predicted molar refractivity (Wildman–Crippen MR) is 147 cm³/mol. The maximum Gasteiger partial charge on any atom is 0.247 e. The average molecular weight is 532 g/mol. The maximum atomic E-state index is 13.6. The fourth-order valence-corrected chi connectivity index (χ4v) is 5.33. The van der Waals surface area contributed by atoms with Gasteiger partial charge in [0, 0.05) is 37.4 Å². The van der Waals surface area contributed by atoms with Gasteiger partial charge in [-0.15, -0.1) is 0 Å². The van der Waals surface area contributed by atoms with Crippen LogP contribution < -0.4 is 5.32 Å². The number of nitrogens with zero attached hydrogens (tertiary/aromatic N) is 5. The van der Waals surface area contributed by atoms with E-state index in [1.807, 2.05) is 29.2 Å². The van der Waals surface area contributed by atoms with Crippen LogP contribution in [-0.4, -0.2) is 69.6 Å². The van der Waals surface area contributed by atoms with E-state index in [1.165, 1.54) is 0 Å². The molecule has 1 unspecified atom stereocenters. The second kappa shape index (κ2) is 11.7. The van der Waals surface area contributed by atoms with Crippen molar-refractivity contribution >= 4 is 45.8 Å². The normalized spacial score (nSPS) is 19.3. The molecule has 2 N–H and O–H groups in total. The van der Waals surface area contributed by atoms with E-state index >= 15 is 0 Å². The number of nitriles is 1. The molecule has 1 aromatic carbocycles. The Balaban J connectivity index is 1.48. The van der Waals surface area contributed by atoms with Crippen molar-refractivity contribution in [2.24, 2.45) is 4.99 Å². The molecule has 2 amide bonds. The predicted octanol–water partition coefficient (Wildman–Crippen LogP) is 4.34. The van der Waals surface area contributed by atoms with Gasteiger partial charge in [-0.05, 0) is 50.3 Å². The van der Waals surface area contributed by atoms with Crippen molar-refractivity contribution in [1.29, 1.82) is 5.26 Å². The first kappa shape index (κ1) is 25.7. The van der Waals surface area contributed by atoms with Gasteiger partial charge in [0.1, 0.15) is 17.8 Å². The highest BCUT2D eigenvalue weighted by Gasteiger charge is 2.32. The summed E-state index contributed by atoms with van der Waals surface area (Å²) in [5.41, 5.74) is 1.99. The first-order valence-electron chi connectivity index (χ1n) is 13.0. The molecule has 38 heavy (non-hydrogen) atoms. The summed E-state index contributed by atoms with van der Waals surface area (Å²) in [6.07, 6.45) is 7.48. The molecule has 0 bridgehead atoms. The van der Waals surface area contributed by atoms with Crippen LogP contribution in [0.4, 0.5) is 5.69 Å². The largest absolute Gasteiger partial charge is 0.358 e. The number of aromatic amines is 1. The van der Waals surface area contributed by atoms with E-state index in [9.17, 15) is 14.9 Å². The van der Waals surface area contributed by atoms with Crippen molar-refractivity contribution in [3.8, 4) is 6.07 Å². The van der Waals surface area contributed by atoms with Crippen LogP contribution in [0, 0.1) is 11.3 Å². The Morgan fingerprint density at radius 1 is 1.18 bits per heavy atom. The van der Waals surface area contributed by atoms with Gasteiger partial charge < -0.3 is 20.1 Å². The fourth-order valence-electron chi connectivity index (χ4n) is 5.11. The molecule has 2 atom stereocenters. The van der Waals surface area contributed by atoms with E-state index in [0.29, 0.717) is 35.2 Å². The summed E-state index contributed by atoms with van der Waals surface area (Å²) in [5, 5.41) is 14.9. The number of amidine groups is 1. The lowest BCUT2D eigenvalue weighted by Gasteiger charge is -2.26. The number of para-hydroxylation sites is 1. The number of hydrogen-bond acceptors (Lipinski definition) is 5. The van der Waals surface area contributed by atoms with Gasteiger partial charge in [0.05, 0.1) is 34.5 Å². The number of hydrogen-bond donors (Lipinski definition) is 2. The smallest absolute Gasteiger partial charge is 0.247 e. The van der Waals surface area contributed by atoms with E-state index < -0.39 is 12.0 Å². The van der Waals surface area contributed by atoms with Crippen LogP contribution in [0.2, 0.25) is 5.02 Å². The molecule has 9 nitrogen and oxygen atoms in total. The fraction of sp³-hybridized carbons (Fsp3) is 0.393. The molecule has 2 aliphatic rings. The molecule has 2 aliphatic heterocycles. The average Bonchev–Trinajstić information content (AvgIpc) is 3.58. The molecule has 2 aromatic heterocycles. The minimum absolute atomic E-state index is 0.0162. The van der Waals surface area contributed by atoms with Crippen molar-refractivity contribution in [3.63, 3.8) is 0 Å². The molecule has 3 aromatic rings. The molecule has 0 spiro atoms. The third-order valence-electron chi connectivity index (χ3n) is 7.15. The second-order valence-corrected chi connectivity index (χ2v) is 10.1. The van der Waals surface area contributed by atoms with Gasteiger partial charge in [-0.25, -0.2) is 0 Å². The van der Waals surface area contributed by atoms with Gasteiger partial charge in [0.25, 0.3) is 0 Å². The van der Waals surface area contributed by atoms with Crippen LogP contribution in [-0.2, 0) is 9.59 Å². The molecule has 5 rings (SSSR count). The standard InChI is InChI=1S/C28H30ClN7O2/c29-21-17-32-26-19(21)8-7-11-23(26)33-27(20(16-30)22-9-1-3-12-31-22)34-24-10-2-4-15-36(28(24)38)18-25(37)35-13-5-6-14-35/h1,3,7-9,11-12,17,20,24,32H,2,4-6,10,13-15,18H2,(H,33,34)/t20?,24-/m0/s1. The zero-order chi connectivity index (χ0) is 26.5. The van der Waals surface area contributed by atoms with Gasteiger partial charge in [0.2, 0.25) is 11.8 Å². The Hall–Kier alpha value is -3.90. The number of amides is 2. The zero-order valence-electron chi connectivity index (χ0n) is 21.1. The molecule has 4 heterocycles. The SMILES string of the molecule is N#CC(C(=N[C@H]1CCCCN(CC(=O)N2CCCC2)C1=O)Nc1cccc2c(Cl)c[nH]c12)c1ccccn1. The van der Waals surface area contributed by atoms with Crippen LogP contribution in [0.15, 0.2) is 53.8 Å². The Bertz CT molecular complexity index is 1370. The molecule has 0 radical (unpaired) electrons. The minimum atomic E-state index is -0.826. The van der Waals surface area contributed by atoms with Crippen molar-refractivity contribution < 1.29 is 9.59 Å².